The van der Waals surface area contributed by atoms with Crippen LogP contribution in [-0.4, -0.2) is 37.0 Å². The minimum absolute atomic E-state index is 0.272. The lowest BCUT2D eigenvalue weighted by Gasteiger charge is -2.23. The largest absolute Gasteiger partial charge is 0.392 e. The van der Waals surface area contributed by atoms with Crippen molar-refractivity contribution in [3.8, 4) is 0 Å². The molecule has 3 aromatic rings. The number of imidazole rings is 1. The van der Waals surface area contributed by atoms with E-state index in [1.54, 1.807) is 10.6 Å². The van der Waals surface area contributed by atoms with Gasteiger partial charge in [0.05, 0.1) is 11.8 Å². The third-order valence-corrected chi connectivity index (χ3v) is 4.35. The number of aliphatic hydroxyl groups excluding tert-OH is 1. The highest BCUT2D eigenvalue weighted by atomic mass is 19.1. The summed E-state index contributed by atoms with van der Waals surface area (Å²) >= 11 is 0. The Balaban J connectivity index is 1.64. The van der Waals surface area contributed by atoms with Crippen LogP contribution in [0.3, 0.4) is 0 Å². The van der Waals surface area contributed by atoms with Gasteiger partial charge in [-0.05, 0) is 30.7 Å². The second-order valence-corrected chi connectivity index (χ2v) is 6.06. The minimum atomic E-state index is -0.576. The van der Waals surface area contributed by atoms with Crippen LogP contribution in [0.15, 0.2) is 42.9 Å². The Morgan fingerprint density at radius 1 is 1.29 bits per heavy atom. The van der Waals surface area contributed by atoms with E-state index < -0.39 is 17.7 Å². The van der Waals surface area contributed by atoms with Crippen LogP contribution in [0.2, 0.25) is 0 Å². The van der Waals surface area contributed by atoms with E-state index >= 15 is 0 Å². The third kappa shape index (κ3) is 2.76. The van der Waals surface area contributed by atoms with Crippen molar-refractivity contribution in [2.75, 3.05) is 6.54 Å². The number of halogens is 2. The number of hydrogen-bond donors (Lipinski definition) is 1. The van der Waals surface area contributed by atoms with Gasteiger partial charge in [0.2, 0.25) is 5.78 Å². The van der Waals surface area contributed by atoms with E-state index in [1.165, 1.54) is 6.07 Å². The molecule has 1 fully saturated rings. The molecular formula is C17H16F2N4O. The Morgan fingerprint density at radius 3 is 3.00 bits per heavy atom. The summed E-state index contributed by atoms with van der Waals surface area (Å²) in [7, 11) is 0. The van der Waals surface area contributed by atoms with Gasteiger partial charge in [-0.2, -0.15) is 0 Å². The van der Waals surface area contributed by atoms with Gasteiger partial charge in [0.15, 0.2) is 0 Å². The molecule has 0 spiro atoms. The zero-order chi connectivity index (χ0) is 16.7. The molecule has 1 N–H and O–H groups in total. The first-order valence-corrected chi connectivity index (χ1v) is 7.76. The van der Waals surface area contributed by atoms with Gasteiger partial charge in [-0.25, -0.2) is 18.7 Å². The maximum atomic E-state index is 14.1. The van der Waals surface area contributed by atoms with Crippen molar-refractivity contribution in [3.63, 3.8) is 0 Å². The second-order valence-electron chi connectivity index (χ2n) is 6.06. The summed E-state index contributed by atoms with van der Waals surface area (Å²) in [6.45, 7) is 0.822. The van der Waals surface area contributed by atoms with E-state index in [2.05, 4.69) is 9.97 Å². The lowest BCUT2D eigenvalue weighted by molar-refractivity contribution is 0.172. The van der Waals surface area contributed by atoms with Gasteiger partial charge in [0.25, 0.3) is 0 Å². The number of β-amino-alcohol motifs (C(OH)–C–C–N with tert-alkyl or cyclic N) is 1. The molecule has 0 bridgehead atoms. The van der Waals surface area contributed by atoms with Gasteiger partial charge < -0.3 is 5.11 Å². The molecule has 0 amide bonds. The molecule has 2 unspecified atom stereocenters. The predicted molar refractivity (Wildman–Crippen MR) is 83.1 cm³/mol. The number of rotatable bonds is 3. The van der Waals surface area contributed by atoms with Crippen molar-refractivity contribution < 1.29 is 13.9 Å². The highest BCUT2D eigenvalue weighted by molar-refractivity contribution is 5.30. The second kappa shape index (κ2) is 5.92. The van der Waals surface area contributed by atoms with E-state index in [-0.39, 0.29) is 11.6 Å². The smallest absolute Gasteiger partial charge is 0.233 e. The SMILES string of the molecule is OC1CC(c2cc(F)ccc2F)N(Cc2cn3cccnc3n2)C1. The van der Waals surface area contributed by atoms with Crippen molar-refractivity contribution in [2.45, 2.75) is 25.1 Å². The Kier molecular flexibility index (Phi) is 3.74. The predicted octanol–water partition coefficient (Wildman–Crippen LogP) is 2.32. The number of hydrogen-bond acceptors (Lipinski definition) is 4. The molecule has 124 valence electrons. The van der Waals surface area contributed by atoms with Crippen LogP contribution >= 0.6 is 0 Å². The third-order valence-electron chi connectivity index (χ3n) is 4.35. The first kappa shape index (κ1) is 15.2. The number of nitrogens with zero attached hydrogens (tertiary/aromatic N) is 4. The average molecular weight is 330 g/mol. The summed E-state index contributed by atoms with van der Waals surface area (Å²) in [5.41, 5.74) is 1.04. The van der Waals surface area contributed by atoms with Gasteiger partial charge >= 0.3 is 0 Å². The van der Waals surface area contributed by atoms with Crippen molar-refractivity contribution in [2.24, 2.45) is 0 Å². The molecule has 0 aliphatic carbocycles. The molecule has 0 saturated carbocycles. The number of aliphatic hydroxyl groups is 1. The molecule has 2 aromatic heterocycles. The number of aromatic nitrogens is 3. The summed E-state index contributed by atoms with van der Waals surface area (Å²) in [5, 5.41) is 10.0. The van der Waals surface area contributed by atoms with Crippen LogP contribution in [0.25, 0.3) is 5.78 Å². The van der Waals surface area contributed by atoms with Crippen molar-refractivity contribution in [1.82, 2.24) is 19.3 Å². The van der Waals surface area contributed by atoms with Crippen LogP contribution < -0.4 is 0 Å². The molecule has 1 aromatic carbocycles. The van der Waals surface area contributed by atoms with Gasteiger partial charge in [-0.3, -0.25) is 9.30 Å². The van der Waals surface area contributed by atoms with Gasteiger partial charge in [0.1, 0.15) is 11.6 Å². The van der Waals surface area contributed by atoms with E-state index in [0.29, 0.717) is 25.3 Å². The number of fused-ring (bicyclic) bond motifs is 1. The molecule has 2 atom stereocenters. The van der Waals surface area contributed by atoms with E-state index in [1.807, 2.05) is 23.4 Å². The summed E-state index contributed by atoms with van der Waals surface area (Å²) < 4.78 is 29.4. The van der Waals surface area contributed by atoms with Crippen LogP contribution in [0.4, 0.5) is 8.78 Å². The average Bonchev–Trinajstić information content (AvgIpc) is 3.12. The van der Waals surface area contributed by atoms with Crippen LogP contribution in [0.1, 0.15) is 23.7 Å². The first-order chi connectivity index (χ1) is 11.6. The molecule has 1 aliphatic heterocycles. The zero-order valence-electron chi connectivity index (χ0n) is 12.8. The topological polar surface area (TPSA) is 53.7 Å². The van der Waals surface area contributed by atoms with Crippen LogP contribution in [0, 0.1) is 11.6 Å². The fraction of sp³-hybridized carbons (Fsp3) is 0.294. The standard InChI is InChI=1S/C17H16F2N4O/c18-11-2-3-15(19)14(6-11)16-7-13(24)10-23(16)9-12-8-22-5-1-4-20-17(22)21-12/h1-6,8,13,16,24H,7,9-10H2. The number of benzene rings is 1. The van der Waals surface area contributed by atoms with Gasteiger partial charge in [-0.1, -0.05) is 0 Å². The molecular weight excluding hydrogens is 314 g/mol. The highest BCUT2D eigenvalue weighted by Gasteiger charge is 2.34. The van der Waals surface area contributed by atoms with Crippen molar-refractivity contribution in [3.05, 3.63) is 65.7 Å². The molecule has 4 rings (SSSR count). The molecule has 3 heterocycles. The Hall–Kier alpha value is -2.38. The Labute approximate surface area is 137 Å². The fourth-order valence-corrected chi connectivity index (χ4v) is 3.31. The Bertz CT molecular complexity index is 849. The normalized spacial score (nSPS) is 21.6. The Morgan fingerprint density at radius 2 is 2.17 bits per heavy atom. The van der Waals surface area contributed by atoms with Crippen molar-refractivity contribution >= 4 is 5.78 Å². The monoisotopic (exact) mass is 330 g/mol. The van der Waals surface area contributed by atoms with Crippen molar-refractivity contribution in [1.29, 1.82) is 0 Å². The molecule has 24 heavy (non-hydrogen) atoms. The van der Waals surface area contributed by atoms with Crippen LogP contribution in [-0.2, 0) is 6.54 Å². The molecule has 1 saturated heterocycles. The minimum Gasteiger partial charge on any atom is -0.392 e. The van der Waals surface area contributed by atoms with E-state index in [9.17, 15) is 13.9 Å². The summed E-state index contributed by atoms with van der Waals surface area (Å²) in [5.74, 6) is -0.359. The summed E-state index contributed by atoms with van der Waals surface area (Å²) in [4.78, 5) is 10.5. The van der Waals surface area contributed by atoms with Gasteiger partial charge in [-0.15, -0.1) is 0 Å². The number of likely N-dealkylation sites (tertiary alicyclic amines) is 1. The first-order valence-electron chi connectivity index (χ1n) is 7.76. The zero-order valence-corrected chi connectivity index (χ0v) is 12.8. The highest BCUT2D eigenvalue weighted by Crippen LogP contribution is 2.35. The molecule has 1 aliphatic rings. The van der Waals surface area contributed by atoms with E-state index in [0.717, 1.165) is 17.8 Å². The van der Waals surface area contributed by atoms with E-state index in [4.69, 9.17) is 0 Å². The lowest BCUT2D eigenvalue weighted by Crippen LogP contribution is -2.25. The summed E-state index contributed by atoms with van der Waals surface area (Å²) in [6.07, 6.45) is 5.16. The maximum Gasteiger partial charge on any atom is 0.233 e. The lowest BCUT2D eigenvalue weighted by atomic mass is 10.0. The molecule has 7 heteroatoms. The maximum absolute atomic E-state index is 14.1. The molecule has 0 radical (unpaired) electrons. The molecule has 5 nitrogen and oxygen atoms in total. The fourth-order valence-electron chi connectivity index (χ4n) is 3.31. The van der Waals surface area contributed by atoms with Crippen LogP contribution in [0.5, 0.6) is 0 Å². The quantitative estimate of drug-likeness (QED) is 0.801. The summed E-state index contributed by atoms with van der Waals surface area (Å²) in [6, 6.07) is 4.86. The van der Waals surface area contributed by atoms with Gasteiger partial charge in [0, 0.05) is 43.3 Å².